The molecule has 302 valence electrons. The highest BCUT2D eigenvalue weighted by Crippen LogP contribution is 2.50. The maximum atomic E-state index is 6.43. The number of fused-ring (bicyclic) bond motifs is 6. The predicted molar refractivity (Wildman–Crippen MR) is 268 cm³/mol. The second-order valence-electron chi connectivity index (χ2n) is 16.1. The number of hydrogen-bond donors (Lipinski definition) is 0. The van der Waals surface area contributed by atoms with Gasteiger partial charge in [-0.3, -0.25) is 0 Å². The summed E-state index contributed by atoms with van der Waals surface area (Å²) in [6.45, 7) is 0. The van der Waals surface area contributed by atoms with Crippen LogP contribution in [0.15, 0.2) is 253 Å². The Kier molecular flexibility index (Phi) is 9.12. The Bertz CT molecular complexity index is 3560. The van der Waals surface area contributed by atoms with E-state index in [1.165, 1.54) is 10.9 Å². The molecule has 2 aromatic heterocycles. The highest BCUT2D eigenvalue weighted by Gasteiger charge is 2.26. The van der Waals surface area contributed by atoms with Crippen molar-refractivity contribution in [2.75, 3.05) is 9.80 Å². The third-order valence-electron chi connectivity index (χ3n) is 12.3. The lowest BCUT2D eigenvalue weighted by atomic mass is 9.96. The van der Waals surface area contributed by atoms with E-state index in [4.69, 9.17) is 4.42 Å². The van der Waals surface area contributed by atoms with Gasteiger partial charge in [-0.1, -0.05) is 158 Å². The minimum atomic E-state index is 0.854. The molecule has 0 N–H and O–H groups in total. The standard InChI is InChI=1S/C60H41N3O/c1-6-20-42(21-7-1)44-34-36-55(52(38-44)43-22-8-2-9-23-43)62(48-35-37-59-53(39-48)50-30-17-19-33-58(50)64-59)49-40-56(61(45-24-10-3-11-25-45)46-26-12-4-13-27-46)60-51-31-16-18-32-54(51)63(57(60)41-49)47-28-14-5-15-29-47/h1-41H. The minimum Gasteiger partial charge on any atom is -0.456 e. The molecule has 0 amide bonds. The fourth-order valence-corrected chi connectivity index (χ4v) is 9.47. The molecule has 0 fully saturated rings. The molecule has 4 nitrogen and oxygen atoms in total. The highest BCUT2D eigenvalue weighted by molar-refractivity contribution is 6.18. The van der Waals surface area contributed by atoms with Crippen molar-refractivity contribution < 1.29 is 4.42 Å². The quantitative estimate of drug-likeness (QED) is 0.145. The number of rotatable bonds is 9. The SMILES string of the molecule is c1ccc(-c2ccc(N(c3ccc4oc5ccccc5c4c3)c3cc(N(c4ccccc4)c4ccccc4)c4c5ccccc5n(-c5ccccc5)c4c3)c(-c3ccccc3)c2)cc1. The molecule has 0 bridgehead atoms. The van der Waals surface area contributed by atoms with Gasteiger partial charge in [0.15, 0.2) is 0 Å². The molecule has 0 spiro atoms. The van der Waals surface area contributed by atoms with Crippen LogP contribution in [0, 0.1) is 0 Å². The van der Waals surface area contributed by atoms with Crippen LogP contribution in [0.25, 0.3) is 71.7 Å². The molecule has 64 heavy (non-hydrogen) atoms. The van der Waals surface area contributed by atoms with Crippen molar-refractivity contribution in [3.05, 3.63) is 249 Å². The second-order valence-corrected chi connectivity index (χ2v) is 16.1. The molecular formula is C60H41N3O. The Morgan fingerprint density at radius 2 is 0.875 bits per heavy atom. The van der Waals surface area contributed by atoms with E-state index in [1.807, 2.05) is 12.1 Å². The molecule has 0 radical (unpaired) electrons. The maximum absolute atomic E-state index is 6.43. The number of para-hydroxylation sites is 5. The van der Waals surface area contributed by atoms with Crippen molar-refractivity contribution in [3.8, 4) is 27.9 Å². The van der Waals surface area contributed by atoms with E-state index in [0.29, 0.717) is 0 Å². The van der Waals surface area contributed by atoms with Gasteiger partial charge in [0.2, 0.25) is 0 Å². The van der Waals surface area contributed by atoms with Crippen molar-refractivity contribution in [3.63, 3.8) is 0 Å². The van der Waals surface area contributed by atoms with Crippen LogP contribution in [0.5, 0.6) is 0 Å². The van der Waals surface area contributed by atoms with Crippen LogP contribution in [0.4, 0.5) is 34.1 Å². The van der Waals surface area contributed by atoms with Gasteiger partial charge in [0.1, 0.15) is 11.2 Å². The minimum absolute atomic E-state index is 0.854. The van der Waals surface area contributed by atoms with Gasteiger partial charge in [-0.2, -0.15) is 0 Å². The first-order valence-corrected chi connectivity index (χ1v) is 21.8. The van der Waals surface area contributed by atoms with Crippen LogP contribution in [0.2, 0.25) is 0 Å². The molecule has 0 aliphatic rings. The summed E-state index contributed by atoms with van der Waals surface area (Å²) in [5, 5.41) is 4.49. The fourth-order valence-electron chi connectivity index (χ4n) is 9.47. The van der Waals surface area contributed by atoms with E-state index in [1.54, 1.807) is 0 Å². The van der Waals surface area contributed by atoms with Crippen LogP contribution >= 0.6 is 0 Å². The van der Waals surface area contributed by atoms with E-state index < -0.39 is 0 Å². The Hall–Kier alpha value is -8.60. The van der Waals surface area contributed by atoms with Crippen molar-refractivity contribution >= 4 is 77.9 Å². The monoisotopic (exact) mass is 819 g/mol. The average Bonchev–Trinajstić information content (AvgIpc) is 3.91. The summed E-state index contributed by atoms with van der Waals surface area (Å²) in [5.41, 5.74) is 15.9. The number of hydrogen-bond acceptors (Lipinski definition) is 3. The van der Waals surface area contributed by atoms with Gasteiger partial charge >= 0.3 is 0 Å². The van der Waals surface area contributed by atoms with Crippen molar-refractivity contribution in [1.29, 1.82) is 0 Å². The summed E-state index contributed by atoms with van der Waals surface area (Å²) in [6.07, 6.45) is 0. The molecule has 4 heteroatoms. The maximum Gasteiger partial charge on any atom is 0.135 e. The first-order chi connectivity index (χ1) is 31.8. The van der Waals surface area contributed by atoms with Crippen LogP contribution in [0.1, 0.15) is 0 Å². The molecule has 0 aliphatic carbocycles. The van der Waals surface area contributed by atoms with Gasteiger partial charge in [0.25, 0.3) is 0 Å². The van der Waals surface area contributed by atoms with Gasteiger partial charge in [0.05, 0.1) is 28.1 Å². The molecule has 12 rings (SSSR count). The normalized spacial score (nSPS) is 11.4. The number of nitrogens with zero attached hydrogens (tertiary/aromatic N) is 3. The topological polar surface area (TPSA) is 24.6 Å². The lowest BCUT2D eigenvalue weighted by Gasteiger charge is -2.31. The molecule has 0 saturated heterocycles. The summed E-state index contributed by atoms with van der Waals surface area (Å²) in [5.74, 6) is 0. The number of furan rings is 1. The van der Waals surface area contributed by atoms with E-state index in [9.17, 15) is 0 Å². The molecule has 0 atom stereocenters. The van der Waals surface area contributed by atoms with Crippen molar-refractivity contribution in [1.82, 2.24) is 4.57 Å². The Balaban J connectivity index is 1.23. The van der Waals surface area contributed by atoms with Crippen LogP contribution in [-0.2, 0) is 0 Å². The van der Waals surface area contributed by atoms with Gasteiger partial charge in [0, 0.05) is 49.9 Å². The van der Waals surface area contributed by atoms with E-state index >= 15 is 0 Å². The van der Waals surface area contributed by atoms with Gasteiger partial charge in [-0.05, 0) is 108 Å². The average molecular weight is 820 g/mol. The van der Waals surface area contributed by atoms with Crippen molar-refractivity contribution in [2.45, 2.75) is 0 Å². The first kappa shape index (κ1) is 37.2. The van der Waals surface area contributed by atoms with Gasteiger partial charge in [-0.25, -0.2) is 0 Å². The lowest BCUT2D eigenvalue weighted by Crippen LogP contribution is -2.14. The predicted octanol–water partition coefficient (Wildman–Crippen LogP) is 17.0. The van der Waals surface area contributed by atoms with E-state index in [2.05, 4.69) is 251 Å². The van der Waals surface area contributed by atoms with E-state index in [0.717, 1.165) is 94.9 Å². The second kappa shape index (κ2) is 15.7. The number of aromatic nitrogens is 1. The summed E-state index contributed by atoms with van der Waals surface area (Å²) >= 11 is 0. The molecule has 12 aromatic rings. The molecular weight excluding hydrogens is 779 g/mol. The molecule has 0 saturated carbocycles. The zero-order valence-corrected chi connectivity index (χ0v) is 34.9. The number of benzene rings is 10. The Labute approximate surface area is 371 Å². The fraction of sp³-hybridized carbons (Fsp3) is 0. The Morgan fingerprint density at radius 1 is 0.312 bits per heavy atom. The zero-order chi connectivity index (χ0) is 42.4. The van der Waals surface area contributed by atoms with Crippen molar-refractivity contribution in [2.24, 2.45) is 0 Å². The van der Waals surface area contributed by atoms with Crippen LogP contribution < -0.4 is 9.80 Å². The molecule has 0 unspecified atom stereocenters. The number of anilines is 6. The van der Waals surface area contributed by atoms with Gasteiger partial charge < -0.3 is 18.8 Å². The summed E-state index contributed by atoms with van der Waals surface area (Å²) in [6, 6.07) is 89.1. The van der Waals surface area contributed by atoms with Crippen LogP contribution in [-0.4, -0.2) is 4.57 Å². The molecule has 0 aliphatic heterocycles. The largest absolute Gasteiger partial charge is 0.456 e. The third kappa shape index (κ3) is 6.40. The Morgan fingerprint density at radius 3 is 1.58 bits per heavy atom. The third-order valence-corrected chi connectivity index (χ3v) is 12.3. The molecule has 10 aromatic carbocycles. The zero-order valence-electron chi connectivity index (χ0n) is 34.9. The molecule has 2 heterocycles. The van der Waals surface area contributed by atoms with Gasteiger partial charge in [-0.15, -0.1) is 0 Å². The first-order valence-electron chi connectivity index (χ1n) is 21.8. The lowest BCUT2D eigenvalue weighted by molar-refractivity contribution is 0.669. The highest BCUT2D eigenvalue weighted by atomic mass is 16.3. The van der Waals surface area contributed by atoms with Crippen LogP contribution in [0.3, 0.4) is 0 Å². The summed E-state index contributed by atoms with van der Waals surface area (Å²) in [4.78, 5) is 4.86. The summed E-state index contributed by atoms with van der Waals surface area (Å²) in [7, 11) is 0. The smallest absolute Gasteiger partial charge is 0.135 e. The van der Waals surface area contributed by atoms with E-state index in [-0.39, 0.29) is 0 Å². The summed E-state index contributed by atoms with van der Waals surface area (Å²) < 4.78 is 8.86.